The van der Waals surface area contributed by atoms with Crippen LogP contribution in [0.4, 0.5) is 5.69 Å². The highest BCUT2D eigenvalue weighted by Crippen LogP contribution is 2.34. The number of hydrogen-bond donors (Lipinski definition) is 0. The molecule has 9 heteroatoms. The van der Waals surface area contributed by atoms with Crippen molar-refractivity contribution in [1.82, 2.24) is 14.1 Å². The van der Waals surface area contributed by atoms with Crippen LogP contribution >= 0.6 is 0 Å². The zero-order valence-electron chi connectivity index (χ0n) is 17.5. The van der Waals surface area contributed by atoms with Crippen LogP contribution in [0.25, 0.3) is 0 Å². The van der Waals surface area contributed by atoms with Gasteiger partial charge in [-0.25, -0.2) is 8.42 Å². The second kappa shape index (κ2) is 9.07. The van der Waals surface area contributed by atoms with Crippen molar-refractivity contribution in [3.63, 3.8) is 0 Å². The SMILES string of the molecule is CN1CCC(N(C)[C@H]2CCCC[C@@H]2N(C)S(=O)(=O)c2ccccc2[N+](=O)[O-])CC1. The monoisotopic (exact) mass is 424 g/mol. The van der Waals surface area contributed by atoms with Crippen molar-refractivity contribution in [2.75, 3.05) is 34.2 Å². The van der Waals surface area contributed by atoms with Gasteiger partial charge >= 0.3 is 0 Å². The highest BCUT2D eigenvalue weighted by Gasteiger charge is 2.40. The molecule has 1 heterocycles. The van der Waals surface area contributed by atoms with Crippen molar-refractivity contribution in [3.8, 4) is 0 Å². The lowest BCUT2D eigenvalue weighted by Crippen LogP contribution is -2.56. The summed E-state index contributed by atoms with van der Waals surface area (Å²) in [5.74, 6) is 0. The molecule has 1 saturated carbocycles. The minimum Gasteiger partial charge on any atom is -0.306 e. The Morgan fingerprint density at radius 3 is 2.24 bits per heavy atom. The van der Waals surface area contributed by atoms with E-state index in [1.807, 2.05) is 0 Å². The van der Waals surface area contributed by atoms with Crippen LogP contribution in [0.2, 0.25) is 0 Å². The van der Waals surface area contributed by atoms with E-state index in [1.165, 1.54) is 28.6 Å². The van der Waals surface area contributed by atoms with E-state index in [-0.39, 0.29) is 22.7 Å². The van der Waals surface area contributed by atoms with Crippen LogP contribution < -0.4 is 0 Å². The first-order valence-corrected chi connectivity index (χ1v) is 11.8. The lowest BCUT2D eigenvalue weighted by Gasteiger charge is -2.46. The average Bonchev–Trinajstić information content (AvgIpc) is 2.73. The zero-order valence-corrected chi connectivity index (χ0v) is 18.3. The van der Waals surface area contributed by atoms with Gasteiger partial charge in [-0.2, -0.15) is 4.31 Å². The van der Waals surface area contributed by atoms with Gasteiger partial charge in [-0.1, -0.05) is 25.0 Å². The molecule has 0 aromatic heterocycles. The summed E-state index contributed by atoms with van der Waals surface area (Å²) in [6, 6.07) is 6.01. The topological polar surface area (TPSA) is 87.0 Å². The van der Waals surface area contributed by atoms with Crippen LogP contribution in [-0.4, -0.2) is 79.8 Å². The molecule has 29 heavy (non-hydrogen) atoms. The molecule has 0 amide bonds. The molecule has 0 spiro atoms. The number of para-hydroxylation sites is 1. The van der Waals surface area contributed by atoms with Gasteiger partial charge in [-0.15, -0.1) is 0 Å². The molecule has 2 atom stereocenters. The summed E-state index contributed by atoms with van der Waals surface area (Å²) < 4.78 is 28.1. The van der Waals surface area contributed by atoms with Crippen LogP contribution in [0, 0.1) is 10.1 Å². The van der Waals surface area contributed by atoms with Crippen LogP contribution in [-0.2, 0) is 10.0 Å². The highest BCUT2D eigenvalue weighted by atomic mass is 32.2. The number of piperidine rings is 1. The first-order valence-electron chi connectivity index (χ1n) is 10.4. The van der Waals surface area contributed by atoms with E-state index in [9.17, 15) is 18.5 Å². The summed E-state index contributed by atoms with van der Waals surface area (Å²) >= 11 is 0. The Labute approximate surface area is 173 Å². The van der Waals surface area contributed by atoms with Gasteiger partial charge in [-0.05, 0) is 58.9 Å². The normalized spacial score (nSPS) is 24.9. The molecule has 0 radical (unpaired) electrons. The number of hydrogen-bond acceptors (Lipinski definition) is 6. The summed E-state index contributed by atoms with van der Waals surface area (Å²) in [7, 11) is 1.86. The molecule has 0 bridgehead atoms. The number of nitro groups is 1. The molecule has 0 unspecified atom stereocenters. The predicted octanol–water partition coefficient (Wildman–Crippen LogP) is 2.55. The van der Waals surface area contributed by atoms with E-state index in [1.54, 1.807) is 7.05 Å². The van der Waals surface area contributed by atoms with Crippen LogP contribution in [0.15, 0.2) is 29.2 Å². The maximum Gasteiger partial charge on any atom is 0.289 e. The van der Waals surface area contributed by atoms with Gasteiger partial charge in [0.15, 0.2) is 4.90 Å². The molecular weight excluding hydrogens is 392 g/mol. The van der Waals surface area contributed by atoms with E-state index in [2.05, 4.69) is 23.9 Å². The smallest absolute Gasteiger partial charge is 0.289 e. The molecular formula is C20H32N4O4S. The second-order valence-electron chi connectivity index (χ2n) is 8.37. The van der Waals surface area contributed by atoms with Crippen molar-refractivity contribution in [3.05, 3.63) is 34.4 Å². The summed E-state index contributed by atoms with van der Waals surface area (Å²) in [5.41, 5.74) is -0.365. The van der Waals surface area contributed by atoms with E-state index < -0.39 is 14.9 Å². The fourth-order valence-corrected chi connectivity index (χ4v) is 6.39. The summed E-state index contributed by atoms with van der Waals surface area (Å²) in [6.45, 7) is 2.10. The Morgan fingerprint density at radius 2 is 1.62 bits per heavy atom. The summed E-state index contributed by atoms with van der Waals surface area (Å²) in [4.78, 5) is 15.2. The molecule has 1 aliphatic carbocycles. The van der Waals surface area contributed by atoms with Gasteiger partial charge < -0.3 is 4.90 Å². The molecule has 1 aliphatic heterocycles. The first-order chi connectivity index (χ1) is 13.7. The van der Waals surface area contributed by atoms with Gasteiger partial charge in [0.25, 0.3) is 5.69 Å². The van der Waals surface area contributed by atoms with Gasteiger partial charge in [-0.3, -0.25) is 15.0 Å². The van der Waals surface area contributed by atoms with Crippen molar-refractivity contribution >= 4 is 15.7 Å². The lowest BCUT2D eigenvalue weighted by atomic mass is 9.87. The molecule has 0 N–H and O–H groups in total. The van der Waals surface area contributed by atoms with Crippen LogP contribution in [0.1, 0.15) is 38.5 Å². The van der Waals surface area contributed by atoms with E-state index >= 15 is 0 Å². The summed E-state index contributed by atoms with van der Waals surface area (Å²) in [6.07, 6.45) is 5.94. The minimum absolute atomic E-state index is 0.125. The second-order valence-corrected chi connectivity index (χ2v) is 10.3. The zero-order chi connectivity index (χ0) is 21.2. The number of likely N-dealkylation sites (tertiary alicyclic amines) is 1. The van der Waals surface area contributed by atoms with Crippen molar-refractivity contribution in [1.29, 1.82) is 0 Å². The third kappa shape index (κ3) is 4.63. The lowest BCUT2D eigenvalue weighted by molar-refractivity contribution is -0.387. The average molecular weight is 425 g/mol. The standard InChI is InChI=1S/C20H32N4O4S/c1-21-14-12-16(13-15-21)22(2)17-8-4-5-9-18(17)23(3)29(27,28)20-11-7-6-10-19(20)24(25)26/h6-7,10-11,16-18H,4-5,8-9,12-15H2,1-3H3/t17-,18-/m0/s1. The number of nitrogens with zero attached hydrogens (tertiary/aromatic N) is 4. The fourth-order valence-electron chi connectivity index (χ4n) is 4.82. The Hall–Kier alpha value is -1.55. The van der Waals surface area contributed by atoms with Crippen molar-refractivity contribution < 1.29 is 13.3 Å². The highest BCUT2D eigenvalue weighted by molar-refractivity contribution is 7.89. The maximum atomic E-state index is 13.3. The van der Waals surface area contributed by atoms with Gasteiger partial charge in [0.2, 0.25) is 10.0 Å². The maximum absolute atomic E-state index is 13.3. The van der Waals surface area contributed by atoms with E-state index in [0.717, 1.165) is 51.6 Å². The number of benzene rings is 1. The molecule has 1 aromatic rings. The van der Waals surface area contributed by atoms with Gasteiger partial charge in [0.05, 0.1) is 4.92 Å². The Balaban J connectivity index is 1.85. The molecule has 1 saturated heterocycles. The van der Waals surface area contributed by atoms with Gasteiger partial charge in [0.1, 0.15) is 0 Å². The third-order valence-electron chi connectivity index (χ3n) is 6.67. The molecule has 2 fully saturated rings. The van der Waals surface area contributed by atoms with E-state index in [4.69, 9.17) is 0 Å². The van der Waals surface area contributed by atoms with E-state index in [0.29, 0.717) is 6.04 Å². The number of likely N-dealkylation sites (N-methyl/N-ethyl adjacent to an activating group) is 2. The summed E-state index contributed by atoms with van der Waals surface area (Å²) in [5, 5.41) is 11.4. The molecule has 1 aromatic carbocycles. The quantitative estimate of drug-likeness (QED) is 0.515. The number of rotatable bonds is 6. The molecule has 162 valence electrons. The minimum atomic E-state index is -3.96. The van der Waals surface area contributed by atoms with Crippen molar-refractivity contribution in [2.45, 2.75) is 61.5 Å². The largest absolute Gasteiger partial charge is 0.306 e. The Morgan fingerprint density at radius 1 is 1.03 bits per heavy atom. The van der Waals surface area contributed by atoms with Crippen LogP contribution in [0.3, 0.4) is 0 Å². The fraction of sp³-hybridized carbons (Fsp3) is 0.700. The predicted molar refractivity (Wildman–Crippen MR) is 112 cm³/mol. The Kier molecular flexibility index (Phi) is 6.93. The molecule has 3 rings (SSSR count). The first kappa shape index (κ1) is 22.1. The number of sulfonamides is 1. The third-order valence-corrected chi connectivity index (χ3v) is 8.60. The number of nitro benzene ring substituents is 1. The van der Waals surface area contributed by atoms with Crippen molar-refractivity contribution in [2.24, 2.45) is 0 Å². The van der Waals surface area contributed by atoms with Gasteiger partial charge in [0, 0.05) is 31.2 Å². The molecule has 8 nitrogen and oxygen atoms in total. The Bertz CT molecular complexity index is 824. The molecule has 2 aliphatic rings. The van der Waals surface area contributed by atoms with Crippen LogP contribution in [0.5, 0.6) is 0 Å².